The Morgan fingerprint density at radius 1 is 1.07 bits per heavy atom. The number of hydrogen-bond donors (Lipinski definition) is 2. The molecule has 30 heavy (non-hydrogen) atoms. The molecular formula is C22H23ClN4O3. The van der Waals surface area contributed by atoms with Crippen LogP contribution in [-0.4, -0.2) is 28.4 Å². The van der Waals surface area contributed by atoms with Crippen LogP contribution in [0.3, 0.4) is 0 Å². The van der Waals surface area contributed by atoms with Gasteiger partial charge in [0.25, 0.3) is 0 Å². The molecule has 0 atom stereocenters. The molecule has 0 radical (unpaired) electrons. The van der Waals surface area contributed by atoms with E-state index in [1.54, 1.807) is 60.1 Å². The van der Waals surface area contributed by atoms with Gasteiger partial charge >= 0.3 is 12.0 Å². The largest absolute Gasteiger partial charge is 0.462 e. The molecule has 0 aliphatic heterocycles. The summed E-state index contributed by atoms with van der Waals surface area (Å²) in [4.78, 5) is 24.4. The average Bonchev–Trinajstić information content (AvgIpc) is 3.14. The Morgan fingerprint density at radius 2 is 1.73 bits per heavy atom. The standard InChI is InChI=1S/C22H23ClN4O3/c1-4-30-21(28)15-5-11-18(12-6-15)27-20(13-19(26-27)14(2)3)25-22(29)24-17-9-7-16(23)8-10-17/h5-14H,4H2,1-3H3,(H2,24,25,29). The molecular weight excluding hydrogens is 404 g/mol. The quantitative estimate of drug-likeness (QED) is 0.512. The minimum Gasteiger partial charge on any atom is -0.462 e. The molecule has 3 aromatic rings. The molecule has 156 valence electrons. The lowest BCUT2D eigenvalue weighted by molar-refractivity contribution is 0.0526. The van der Waals surface area contributed by atoms with Gasteiger partial charge in [-0.3, -0.25) is 5.32 Å². The van der Waals surface area contributed by atoms with Gasteiger partial charge in [-0.15, -0.1) is 0 Å². The van der Waals surface area contributed by atoms with Gasteiger partial charge in [0.1, 0.15) is 5.82 Å². The van der Waals surface area contributed by atoms with Gasteiger partial charge in [0, 0.05) is 16.8 Å². The van der Waals surface area contributed by atoms with Crippen LogP contribution in [0.5, 0.6) is 0 Å². The molecule has 0 saturated carbocycles. The molecule has 0 aliphatic carbocycles. The third-order valence-electron chi connectivity index (χ3n) is 4.29. The number of amides is 2. The van der Waals surface area contributed by atoms with Crippen LogP contribution in [0.15, 0.2) is 54.6 Å². The fourth-order valence-corrected chi connectivity index (χ4v) is 2.86. The molecule has 8 heteroatoms. The van der Waals surface area contributed by atoms with Gasteiger partial charge in [0.05, 0.1) is 23.6 Å². The van der Waals surface area contributed by atoms with Gasteiger partial charge in [-0.25, -0.2) is 14.3 Å². The van der Waals surface area contributed by atoms with E-state index in [1.165, 1.54) is 0 Å². The van der Waals surface area contributed by atoms with Crippen LogP contribution in [0.1, 0.15) is 42.7 Å². The Bertz CT molecular complexity index is 1030. The molecule has 0 saturated heterocycles. The smallest absolute Gasteiger partial charge is 0.338 e. The Labute approximate surface area is 180 Å². The minimum atomic E-state index is -0.406. The molecule has 0 fully saturated rings. The van der Waals surface area contributed by atoms with Crippen molar-refractivity contribution in [1.82, 2.24) is 9.78 Å². The summed E-state index contributed by atoms with van der Waals surface area (Å²) in [5, 5.41) is 10.8. The molecule has 2 N–H and O–H groups in total. The zero-order valence-electron chi connectivity index (χ0n) is 17.0. The van der Waals surface area contributed by atoms with E-state index in [2.05, 4.69) is 15.7 Å². The van der Waals surface area contributed by atoms with Crippen molar-refractivity contribution in [2.75, 3.05) is 17.2 Å². The monoisotopic (exact) mass is 426 g/mol. The van der Waals surface area contributed by atoms with Gasteiger partial charge < -0.3 is 10.1 Å². The molecule has 3 rings (SSSR count). The first-order chi connectivity index (χ1) is 14.4. The summed E-state index contributed by atoms with van der Waals surface area (Å²) in [5.74, 6) is 0.298. The average molecular weight is 427 g/mol. The summed E-state index contributed by atoms with van der Waals surface area (Å²) in [6, 6.07) is 15.1. The van der Waals surface area contributed by atoms with Crippen molar-refractivity contribution < 1.29 is 14.3 Å². The van der Waals surface area contributed by atoms with E-state index in [4.69, 9.17) is 16.3 Å². The number of carbonyl (C=O) groups is 2. The second kappa shape index (κ2) is 9.45. The Kier molecular flexibility index (Phi) is 6.74. The van der Waals surface area contributed by atoms with Crippen molar-refractivity contribution in [2.24, 2.45) is 0 Å². The van der Waals surface area contributed by atoms with E-state index in [0.717, 1.165) is 5.69 Å². The number of anilines is 2. The van der Waals surface area contributed by atoms with Gasteiger partial charge in [-0.05, 0) is 61.4 Å². The highest BCUT2D eigenvalue weighted by atomic mass is 35.5. The number of esters is 1. The van der Waals surface area contributed by atoms with Crippen molar-refractivity contribution in [3.05, 3.63) is 70.9 Å². The maximum absolute atomic E-state index is 12.5. The van der Waals surface area contributed by atoms with Gasteiger partial charge in [-0.2, -0.15) is 5.10 Å². The molecule has 2 amide bonds. The zero-order chi connectivity index (χ0) is 21.7. The highest BCUT2D eigenvalue weighted by Crippen LogP contribution is 2.23. The molecule has 0 unspecified atom stereocenters. The van der Waals surface area contributed by atoms with Crippen LogP contribution >= 0.6 is 11.6 Å². The Morgan fingerprint density at radius 3 is 2.33 bits per heavy atom. The molecule has 0 spiro atoms. The predicted octanol–water partition coefficient (Wildman–Crippen LogP) is 5.47. The third-order valence-corrected chi connectivity index (χ3v) is 4.54. The summed E-state index contributed by atoms with van der Waals surface area (Å²) < 4.78 is 6.65. The van der Waals surface area contributed by atoms with E-state index in [9.17, 15) is 9.59 Å². The first-order valence-electron chi connectivity index (χ1n) is 9.58. The lowest BCUT2D eigenvalue weighted by atomic mass is 10.1. The highest BCUT2D eigenvalue weighted by Gasteiger charge is 2.15. The maximum atomic E-state index is 12.5. The number of hydrogen-bond acceptors (Lipinski definition) is 4. The van der Waals surface area contributed by atoms with Crippen molar-refractivity contribution in [1.29, 1.82) is 0 Å². The molecule has 0 aliphatic rings. The van der Waals surface area contributed by atoms with Crippen LogP contribution in [0.25, 0.3) is 5.69 Å². The van der Waals surface area contributed by atoms with Crippen molar-refractivity contribution in [2.45, 2.75) is 26.7 Å². The molecule has 7 nitrogen and oxygen atoms in total. The minimum absolute atomic E-state index is 0.171. The third kappa shape index (κ3) is 5.18. The van der Waals surface area contributed by atoms with Gasteiger partial charge in [-0.1, -0.05) is 25.4 Å². The zero-order valence-corrected chi connectivity index (χ0v) is 17.7. The fraction of sp³-hybridized carbons (Fsp3) is 0.227. The van der Waals surface area contributed by atoms with Crippen molar-refractivity contribution in [3.8, 4) is 5.69 Å². The molecule has 0 bridgehead atoms. The maximum Gasteiger partial charge on any atom is 0.338 e. The van der Waals surface area contributed by atoms with Gasteiger partial charge in [0.2, 0.25) is 0 Å². The van der Waals surface area contributed by atoms with Crippen LogP contribution in [-0.2, 0) is 4.74 Å². The Hall–Kier alpha value is -3.32. The number of benzene rings is 2. The number of halogens is 1. The van der Waals surface area contributed by atoms with Crippen LogP contribution in [0.2, 0.25) is 5.02 Å². The topological polar surface area (TPSA) is 85.2 Å². The van der Waals surface area contributed by atoms with Crippen LogP contribution < -0.4 is 10.6 Å². The Balaban J connectivity index is 1.83. The summed E-state index contributed by atoms with van der Waals surface area (Å²) >= 11 is 5.88. The lowest BCUT2D eigenvalue weighted by Crippen LogP contribution is -2.21. The second-order valence-corrected chi connectivity index (χ2v) is 7.31. The first-order valence-corrected chi connectivity index (χ1v) is 9.96. The summed E-state index contributed by atoms with van der Waals surface area (Å²) in [5.41, 5.74) is 2.60. The summed E-state index contributed by atoms with van der Waals surface area (Å²) in [6.45, 7) is 6.12. The molecule has 1 aromatic heterocycles. The highest BCUT2D eigenvalue weighted by molar-refractivity contribution is 6.30. The second-order valence-electron chi connectivity index (χ2n) is 6.87. The van der Waals surface area contributed by atoms with Gasteiger partial charge in [0.15, 0.2) is 0 Å². The number of ether oxygens (including phenoxy) is 1. The van der Waals surface area contributed by atoms with Crippen LogP contribution in [0, 0.1) is 0 Å². The van der Waals surface area contributed by atoms with E-state index in [1.807, 2.05) is 19.9 Å². The number of carbonyl (C=O) groups excluding carboxylic acids is 2. The first kappa shape index (κ1) is 21.4. The van der Waals surface area contributed by atoms with E-state index in [-0.39, 0.29) is 11.9 Å². The van der Waals surface area contributed by atoms with Crippen molar-refractivity contribution in [3.63, 3.8) is 0 Å². The molecule has 1 heterocycles. The van der Waals surface area contributed by atoms with E-state index in [0.29, 0.717) is 34.4 Å². The van der Waals surface area contributed by atoms with E-state index >= 15 is 0 Å². The number of rotatable bonds is 6. The predicted molar refractivity (Wildman–Crippen MR) is 118 cm³/mol. The number of urea groups is 1. The summed E-state index contributed by atoms with van der Waals surface area (Å²) in [7, 11) is 0. The lowest BCUT2D eigenvalue weighted by Gasteiger charge is -2.11. The van der Waals surface area contributed by atoms with E-state index < -0.39 is 6.03 Å². The van der Waals surface area contributed by atoms with Crippen LogP contribution in [0.4, 0.5) is 16.3 Å². The molecule has 2 aromatic carbocycles. The summed E-state index contributed by atoms with van der Waals surface area (Å²) in [6.07, 6.45) is 0. The fourth-order valence-electron chi connectivity index (χ4n) is 2.73. The number of aromatic nitrogens is 2. The van der Waals surface area contributed by atoms with Crippen molar-refractivity contribution >= 4 is 35.1 Å². The normalized spacial score (nSPS) is 10.7. The number of nitrogens with one attached hydrogen (secondary N) is 2. The SMILES string of the molecule is CCOC(=O)c1ccc(-n2nc(C(C)C)cc2NC(=O)Nc2ccc(Cl)cc2)cc1. The number of nitrogens with zero attached hydrogens (tertiary/aromatic N) is 2.